The second-order valence-corrected chi connectivity index (χ2v) is 5.31. The summed E-state index contributed by atoms with van der Waals surface area (Å²) in [6.07, 6.45) is 5.29. The summed E-state index contributed by atoms with van der Waals surface area (Å²) in [4.78, 5) is 20.6. The van der Waals surface area contributed by atoms with Crippen LogP contribution in [-0.4, -0.2) is 21.0 Å². The van der Waals surface area contributed by atoms with Crippen molar-refractivity contribution in [1.82, 2.24) is 20.4 Å². The number of nitrogens with zero attached hydrogens (tertiary/aromatic N) is 3. The lowest BCUT2D eigenvalue weighted by molar-refractivity contribution is 0.0885. The zero-order valence-electron chi connectivity index (χ0n) is 11.5. The third-order valence-corrected chi connectivity index (χ3v) is 3.68. The van der Waals surface area contributed by atoms with Crippen molar-refractivity contribution < 1.29 is 9.32 Å². The molecule has 0 radical (unpaired) electrons. The van der Waals surface area contributed by atoms with Gasteiger partial charge in [-0.3, -0.25) is 9.78 Å². The van der Waals surface area contributed by atoms with Gasteiger partial charge in [-0.2, -0.15) is 4.98 Å². The Balaban J connectivity index is 1.87. The van der Waals surface area contributed by atoms with Crippen molar-refractivity contribution in [2.75, 3.05) is 0 Å². The Morgan fingerprint density at radius 2 is 2.30 bits per heavy atom. The molecule has 2 aromatic heterocycles. The number of aromatic nitrogens is 3. The average Bonchev–Trinajstić information content (AvgIpc) is 3.22. The number of amides is 1. The van der Waals surface area contributed by atoms with Crippen molar-refractivity contribution >= 4 is 5.91 Å². The van der Waals surface area contributed by atoms with Gasteiger partial charge in [0.2, 0.25) is 5.89 Å². The quantitative estimate of drug-likeness (QED) is 0.918. The molecule has 1 unspecified atom stereocenters. The van der Waals surface area contributed by atoms with Gasteiger partial charge in [-0.1, -0.05) is 5.16 Å². The van der Waals surface area contributed by atoms with Gasteiger partial charge in [-0.15, -0.1) is 0 Å². The molecule has 2 aromatic rings. The SMILES string of the molecule is Cc1nc(C(C)(NC(=O)c2cccnc2)C2CC2)no1. The summed E-state index contributed by atoms with van der Waals surface area (Å²) in [6, 6.07) is 3.47. The van der Waals surface area contributed by atoms with Gasteiger partial charge in [0.05, 0.1) is 5.56 Å². The van der Waals surface area contributed by atoms with Gasteiger partial charge in [0.1, 0.15) is 5.54 Å². The normalized spacial score (nSPS) is 17.5. The Hall–Kier alpha value is -2.24. The first-order valence-corrected chi connectivity index (χ1v) is 6.63. The number of hydrogen-bond donors (Lipinski definition) is 1. The van der Waals surface area contributed by atoms with E-state index in [1.807, 2.05) is 6.92 Å². The van der Waals surface area contributed by atoms with E-state index in [0.717, 1.165) is 12.8 Å². The maximum absolute atomic E-state index is 12.3. The average molecular weight is 272 g/mol. The van der Waals surface area contributed by atoms with Crippen molar-refractivity contribution in [2.24, 2.45) is 5.92 Å². The highest BCUT2D eigenvalue weighted by Crippen LogP contribution is 2.44. The lowest BCUT2D eigenvalue weighted by atomic mass is 9.94. The minimum Gasteiger partial charge on any atom is -0.340 e. The predicted molar refractivity (Wildman–Crippen MR) is 70.8 cm³/mol. The van der Waals surface area contributed by atoms with E-state index in [4.69, 9.17) is 4.52 Å². The molecule has 1 aliphatic carbocycles. The fraction of sp³-hybridized carbons (Fsp3) is 0.429. The molecule has 0 spiro atoms. The molecule has 1 fully saturated rings. The molecule has 0 aliphatic heterocycles. The molecule has 1 N–H and O–H groups in total. The molecule has 6 nitrogen and oxygen atoms in total. The first kappa shape index (κ1) is 12.8. The van der Waals surface area contributed by atoms with Crippen LogP contribution in [-0.2, 0) is 5.54 Å². The summed E-state index contributed by atoms with van der Waals surface area (Å²) in [6.45, 7) is 3.69. The fourth-order valence-corrected chi connectivity index (χ4v) is 2.32. The molecule has 3 rings (SSSR count). The van der Waals surface area contributed by atoms with Crippen LogP contribution in [0.1, 0.15) is 41.8 Å². The van der Waals surface area contributed by atoms with E-state index >= 15 is 0 Å². The van der Waals surface area contributed by atoms with Crippen molar-refractivity contribution in [2.45, 2.75) is 32.2 Å². The summed E-state index contributed by atoms with van der Waals surface area (Å²) in [7, 11) is 0. The topological polar surface area (TPSA) is 80.9 Å². The molecule has 104 valence electrons. The Bertz CT molecular complexity index is 621. The van der Waals surface area contributed by atoms with Gasteiger partial charge in [0.15, 0.2) is 5.82 Å². The summed E-state index contributed by atoms with van der Waals surface area (Å²) >= 11 is 0. The minimum absolute atomic E-state index is 0.171. The van der Waals surface area contributed by atoms with Crippen LogP contribution in [0.3, 0.4) is 0 Å². The van der Waals surface area contributed by atoms with Gasteiger partial charge >= 0.3 is 0 Å². The highest BCUT2D eigenvalue weighted by molar-refractivity contribution is 5.94. The Morgan fingerprint density at radius 3 is 2.85 bits per heavy atom. The third kappa shape index (κ3) is 2.29. The fourth-order valence-electron chi connectivity index (χ4n) is 2.32. The monoisotopic (exact) mass is 272 g/mol. The first-order chi connectivity index (χ1) is 9.59. The van der Waals surface area contributed by atoms with Crippen LogP contribution in [0.4, 0.5) is 0 Å². The first-order valence-electron chi connectivity index (χ1n) is 6.63. The highest BCUT2D eigenvalue weighted by atomic mass is 16.5. The van der Waals surface area contributed by atoms with Crippen molar-refractivity contribution in [3.8, 4) is 0 Å². The standard InChI is InChI=1S/C14H16N4O2/c1-9-16-13(18-20-9)14(2,11-5-6-11)17-12(19)10-4-3-7-15-8-10/h3-4,7-8,11H,5-6H2,1-2H3,(H,17,19). The molecule has 1 amide bonds. The summed E-state index contributed by atoms with van der Waals surface area (Å²) in [5.74, 6) is 1.22. The van der Waals surface area contributed by atoms with E-state index < -0.39 is 5.54 Å². The zero-order valence-corrected chi connectivity index (χ0v) is 11.5. The molecule has 1 aliphatic rings. The number of carbonyl (C=O) groups is 1. The third-order valence-electron chi connectivity index (χ3n) is 3.68. The maximum Gasteiger partial charge on any atom is 0.253 e. The van der Waals surface area contributed by atoms with Gasteiger partial charge in [0, 0.05) is 19.3 Å². The Kier molecular flexibility index (Phi) is 3.00. The van der Waals surface area contributed by atoms with Crippen LogP contribution in [0.15, 0.2) is 29.0 Å². The van der Waals surface area contributed by atoms with Crippen LogP contribution in [0, 0.1) is 12.8 Å². The van der Waals surface area contributed by atoms with E-state index in [9.17, 15) is 4.79 Å². The lowest BCUT2D eigenvalue weighted by Crippen LogP contribution is -2.46. The molecule has 0 saturated heterocycles. The van der Waals surface area contributed by atoms with E-state index in [1.54, 1.807) is 31.5 Å². The molecule has 1 atom stereocenters. The minimum atomic E-state index is -0.593. The Morgan fingerprint density at radius 1 is 1.50 bits per heavy atom. The van der Waals surface area contributed by atoms with E-state index in [0.29, 0.717) is 23.2 Å². The second-order valence-electron chi connectivity index (χ2n) is 5.31. The highest BCUT2D eigenvalue weighted by Gasteiger charge is 2.47. The molecular formula is C14H16N4O2. The largest absolute Gasteiger partial charge is 0.340 e. The number of nitrogens with one attached hydrogen (secondary N) is 1. The molecule has 0 bridgehead atoms. The number of rotatable bonds is 4. The second kappa shape index (κ2) is 4.70. The van der Waals surface area contributed by atoms with Gasteiger partial charge in [-0.05, 0) is 37.8 Å². The van der Waals surface area contributed by atoms with E-state index in [-0.39, 0.29) is 5.91 Å². The molecular weight excluding hydrogens is 256 g/mol. The smallest absolute Gasteiger partial charge is 0.253 e. The summed E-state index contributed by atoms with van der Waals surface area (Å²) < 4.78 is 5.05. The number of carbonyl (C=O) groups excluding carboxylic acids is 1. The van der Waals surface area contributed by atoms with Gasteiger partial charge < -0.3 is 9.84 Å². The van der Waals surface area contributed by atoms with Crippen molar-refractivity contribution in [1.29, 1.82) is 0 Å². The molecule has 1 saturated carbocycles. The number of hydrogen-bond acceptors (Lipinski definition) is 5. The summed E-state index contributed by atoms with van der Waals surface area (Å²) in [5, 5.41) is 7.02. The van der Waals surface area contributed by atoms with Crippen LogP contribution >= 0.6 is 0 Å². The van der Waals surface area contributed by atoms with E-state index in [2.05, 4.69) is 20.4 Å². The molecule has 20 heavy (non-hydrogen) atoms. The van der Waals surface area contributed by atoms with Crippen molar-refractivity contribution in [3.63, 3.8) is 0 Å². The van der Waals surface area contributed by atoms with Gasteiger partial charge in [0.25, 0.3) is 5.91 Å². The molecule has 6 heteroatoms. The predicted octanol–water partition coefficient (Wildman–Crippen LogP) is 1.83. The van der Waals surface area contributed by atoms with Crippen LogP contribution in [0.25, 0.3) is 0 Å². The summed E-state index contributed by atoms with van der Waals surface area (Å²) in [5.41, 5.74) is -0.0652. The lowest BCUT2D eigenvalue weighted by Gasteiger charge is -2.27. The maximum atomic E-state index is 12.3. The van der Waals surface area contributed by atoms with Crippen molar-refractivity contribution in [3.05, 3.63) is 41.8 Å². The molecule has 2 heterocycles. The van der Waals surface area contributed by atoms with Crippen LogP contribution in [0.5, 0.6) is 0 Å². The zero-order chi connectivity index (χ0) is 14.2. The number of aryl methyl sites for hydroxylation is 1. The molecule has 0 aromatic carbocycles. The Labute approximate surface area is 116 Å². The van der Waals surface area contributed by atoms with E-state index in [1.165, 1.54) is 0 Å². The van der Waals surface area contributed by atoms with Crippen LogP contribution < -0.4 is 5.32 Å². The number of pyridine rings is 1. The van der Waals surface area contributed by atoms with Crippen LogP contribution in [0.2, 0.25) is 0 Å². The van der Waals surface area contributed by atoms with Gasteiger partial charge in [-0.25, -0.2) is 0 Å².